The van der Waals surface area contributed by atoms with Crippen molar-refractivity contribution < 1.29 is 0 Å². The van der Waals surface area contributed by atoms with Crippen LogP contribution in [0.1, 0.15) is 25.0 Å². The standard InChI is InChI=1S/C13H15N/c1-3-10-8-9-14-13-11(4-2)6-5-7-12(10)13/h5-9H,3-4H2,1-2H3. The lowest BCUT2D eigenvalue weighted by Crippen LogP contribution is -1.90. The molecule has 1 heterocycles. The average molecular weight is 185 g/mol. The normalized spacial score (nSPS) is 10.7. The highest BCUT2D eigenvalue weighted by molar-refractivity contribution is 5.84. The maximum absolute atomic E-state index is 4.46. The van der Waals surface area contributed by atoms with Crippen LogP contribution in [0.15, 0.2) is 30.5 Å². The van der Waals surface area contributed by atoms with Crippen molar-refractivity contribution in [1.29, 1.82) is 0 Å². The number of benzene rings is 1. The van der Waals surface area contributed by atoms with Gasteiger partial charge in [0.25, 0.3) is 0 Å². The Morgan fingerprint density at radius 1 is 1.00 bits per heavy atom. The Kier molecular flexibility index (Phi) is 2.49. The smallest absolute Gasteiger partial charge is 0.0736 e. The first-order valence-corrected chi connectivity index (χ1v) is 5.22. The monoisotopic (exact) mass is 185 g/mol. The molecule has 0 amide bonds. The summed E-state index contributed by atoms with van der Waals surface area (Å²) in [5, 5.41) is 1.31. The van der Waals surface area contributed by atoms with Gasteiger partial charge < -0.3 is 0 Å². The Labute approximate surface area is 84.8 Å². The van der Waals surface area contributed by atoms with Crippen LogP contribution < -0.4 is 0 Å². The van der Waals surface area contributed by atoms with Crippen molar-refractivity contribution >= 4 is 10.9 Å². The van der Waals surface area contributed by atoms with Crippen LogP contribution in [0.25, 0.3) is 10.9 Å². The van der Waals surface area contributed by atoms with Crippen LogP contribution in [-0.4, -0.2) is 4.98 Å². The number of rotatable bonds is 2. The second-order valence-corrected chi connectivity index (χ2v) is 3.49. The Hall–Kier alpha value is -1.37. The topological polar surface area (TPSA) is 12.9 Å². The molecular formula is C13H15N. The van der Waals surface area contributed by atoms with Gasteiger partial charge in [-0.3, -0.25) is 4.98 Å². The number of para-hydroxylation sites is 1. The van der Waals surface area contributed by atoms with Crippen LogP contribution >= 0.6 is 0 Å². The fourth-order valence-electron chi connectivity index (χ4n) is 1.89. The van der Waals surface area contributed by atoms with E-state index < -0.39 is 0 Å². The van der Waals surface area contributed by atoms with Gasteiger partial charge in [0.05, 0.1) is 5.52 Å². The Balaban J connectivity index is 2.77. The van der Waals surface area contributed by atoms with Crippen LogP contribution in [0.2, 0.25) is 0 Å². The van der Waals surface area contributed by atoms with E-state index in [1.165, 1.54) is 22.0 Å². The fourth-order valence-corrected chi connectivity index (χ4v) is 1.89. The number of pyridine rings is 1. The van der Waals surface area contributed by atoms with E-state index in [9.17, 15) is 0 Å². The molecule has 0 fully saturated rings. The van der Waals surface area contributed by atoms with Crippen molar-refractivity contribution in [1.82, 2.24) is 4.98 Å². The number of aryl methyl sites for hydroxylation is 2. The highest BCUT2D eigenvalue weighted by Crippen LogP contribution is 2.20. The van der Waals surface area contributed by atoms with E-state index >= 15 is 0 Å². The number of fused-ring (bicyclic) bond motifs is 1. The molecule has 14 heavy (non-hydrogen) atoms. The van der Waals surface area contributed by atoms with Crippen molar-refractivity contribution in [2.75, 3.05) is 0 Å². The van der Waals surface area contributed by atoms with Gasteiger partial charge in [-0.1, -0.05) is 32.0 Å². The molecule has 1 aromatic heterocycles. The summed E-state index contributed by atoms with van der Waals surface area (Å²) in [5.74, 6) is 0. The summed E-state index contributed by atoms with van der Waals surface area (Å²) in [7, 11) is 0. The van der Waals surface area contributed by atoms with Gasteiger partial charge in [-0.15, -0.1) is 0 Å². The lowest BCUT2D eigenvalue weighted by atomic mass is 10.0. The molecule has 0 N–H and O–H groups in total. The molecule has 0 atom stereocenters. The van der Waals surface area contributed by atoms with Gasteiger partial charge in [-0.25, -0.2) is 0 Å². The van der Waals surface area contributed by atoms with E-state index in [-0.39, 0.29) is 0 Å². The molecule has 1 heteroatoms. The predicted molar refractivity (Wildman–Crippen MR) is 60.5 cm³/mol. The molecule has 0 unspecified atom stereocenters. The minimum Gasteiger partial charge on any atom is -0.256 e. The first kappa shape index (κ1) is 9.20. The second kappa shape index (κ2) is 3.79. The molecule has 0 spiro atoms. The van der Waals surface area contributed by atoms with E-state index in [4.69, 9.17) is 0 Å². The van der Waals surface area contributed by atoms with Gasteiger partial charge in [0.1, 0.15) is 0 Å². The number of hydrogen-bond donors (Lipinski definition) is 0. The van der Waals surface area contributed by atoms with Crippen LogP contribution in [-0.2, 0) is 12.8 Å². The predicted octanol–water partition coefficient (Wildman–Crippen LogP) is 3.36. The minimum atomic E-state index is 1.05. The third-order valence-corrected chi connectivity index (χ3v) is 2.71. The average Bonchev–Trinajstić information content (AvgIpc) is 2.27. The maximum atomic E-state index is 4.46. The summed E-state index contributed by atoms with van der Waals surface area (Å²) in [6, 6.07) is 8.57. The van der Waals surface area contributed by atoms with Crippen molar-refractivity contribution in [3.05, 3.63) is 41.6 Å². The zero-order valence-corrected chi connectivity index (χ0v) is 8.75. The van der Waals surface area contributed by atoms with Crippen LogP contribution in [0.4, 0.5) is 0 Å². The number of aromatic nitrogens is 1. The third-order valence-electron chi connectivity index (χ3n) is 2.71. The number of hydrogen-bond acceptors (Lipinski definition) is 1. The van der Waals surface area contributed by atoms with Gasteiger partial charge in [-0.05, 0) is 30.0 Å². The van der Waals surface area contributed by atoms with Gasteiger partial charge in [-0.2, -0.15) is 0 Å². The molecule has 0 saturated carbocycles. The molecular weight excluding hydrogens is 170 g/mol. The zero-order chi connectivity index (χ0) is 9.97. The second-order valence-electron chi connectivity index (χ2n) is 3.49. The Bertz CT molecular complexity index is 403. The molecule has 0 saturated heterocycles. The quantitative estimate of drug-likeness (QED) is 0.699. The van der Waals surface area contributed by atoms with Gasteiger partial charge >= 0.3 is 0 Å². The molecule has 0 radical (unpaired) electrons. The Morgan fingerprint density at radius 3 is 2.50 bits per heavy atom. The summed E-state index contributed by atoms with van der Waals surface area (Å²) in [6.45, 7) is 4.36. The first-order chi connectivity index (χ1) is 6.86. The summed E-state index contributed by atoms with van der Waals surface area (Å²) in [4.78, 5) is 4.46. The maximum Gasteiger partial charge on any atom is 0.0736 e. The molecule has 0 aliphatic heterocycles. The lowest BCUT2D eigenvalue weighted by Gasteiger charge is -2.06. The van der Waals surface area contributed by atoms with E-state index in [0.29, 0.717) is 0 Å². The molecule has 1 nitrogen and oxygen atoms in total. The lowest BCUT2D eigenvalue weighted by molar-refractivity contribution is 1.12. The van der Waals surface area contributed by atoms with Crippen LogP contribution in [0, 0.1) is 0 Å². The van der Waals surface area contributed by atoms with Crippen LogP contribution in [0.3, 0.4) is 0 Å². The summed E-state index contributed by atoms with van der Waals surface area (Å²) >= 11 is 0. The third kappa shape index (κ3) is 1.39. The van der Waals surface area contributed by atoms with Crippen molar-refractivity contribution in [3.8, 4) is 0 Å². The largest absolute Gasteiger partial charge is 0.256 e. The van der Waals surface area contributed by atoms with Crippen molar-refractivity contribution in [2.24, 2.45) is 0 Å². The summed E-state index contributed by atoms with van der Waals surface area (Å²) in [5.41, 5.74) is 3.91. The zero-order valence-electron chi connectivity index (χ0n) is 8.75. The van der Waals surface area contributed by atoms with Gasteiger partial charge in [0.2, 0.25) is 0 Å². The molecule has 72 valence electrons. The number of nitrogens with zero attached hydrogens (tertiary/aromatic N) is 1. The molecule has 0 aliphatic carbocycles. The van der Waals surface area contributed by atoms with E-state index in [1.54, 1.807) is 0 Å². The highest BCUT2D eigenvalue weighted by Gasteiger charge is 2.02. The molecule has 0 aliphatic rings. The van der Waals surface area contributed by atoms with E-state index in [0.717, 1.165) is 12.8 Å². The fraction of sp³-hybridized carbons (Fsp3) is 0.308. The first-order valence-electron chi connectivity index (χ1n) is 5.22. The minimum absolute atomic E-state index is 1.05. The van der Waals surface area contributed by atoms with E-state index in [1.807, 2.05) is 6.20 Å². The summed E-state index contributed by atoms with van der Waals surface area (Å²) in [6.07, 6.45) is 4.05. The van der Waals surface area contributed by atoms with Gasteiger partial charge in [0, 0.05) is 11.6 Å². The molecule has 2 aromatic rings. The summed E-state index contributed by atoms with van der Waals surface area (Å²) < 4.78 is 0. The molecule has 0 bridgehead atoms. The SMILES string of the molecule is CCc1ccnc2c(CC)cccc12. The van der Waals surface area contributed by atoms with Crippen LogP contribution in [0.5, 0.6) is 0 Å². The Morgan fingerprint density at radius 2 is 1.79 bits per heavy atom. The molecule has 1 aromatic carbocycles. The molecule has 2 rings (SSSR count). The highest BCUT2D eigenvalue weighted by atomic mass is 14.7. The van der Waals surface area contributed by atoms with Gasteiger partial charge in [0.15, 0.2) is 0 Å². The van der Waals surface area contributed by atoms with Crippen molar-refractivity contribution in [3.63, 3.8) is 0 Å². The van der Waals surface area contributed by atoms with E-state index in [2.05, 4.69) is 43.1 Å². The van der Waals surface area contributed by atoms with Crippen molar-refractivity contribution in [2.45, 2.75) is 26.7 Å².